The Kier molecular flexibility index (Phi) is 10.6. The molecule has 1 aromatic carbocycles. The summed E-state index contributed by atoms with van der Waals surface area (Å²) < 4.78 is 0. The van der Waals surface area contributed by atoms with Crippen molar-refractivity contribution in [2.24, 2.45) is 11.8 Å². The molecule has 0 N–H and O–H groups in total. The van der Waals surface area contributed by atoms with Gasteiger partial charge in [0.25, 0.3) is 0 Å². The van der Waals surface area contributed by atoms with Gasteiger partial charge in [-0.3, -0.25) is 4.79 Å². The second kappa shape index (κ2) is 13.6. The van der Waals surface area contributed by atoms with E-state index in [4.69, 9.17) is 0 Å². The number of carbonyl (C=O) groups is 1. The smallest absolute Gasteiger partial charge is 0.250 e. The molecule has 2 aliphatic heterocycles. The lowest BCUT2D eigenvalue weighted by Gasteiger charge is -2.47. The minimum atomic E-state index is -0.345. The van der Waals surface area contributed by atoms with Crippen LogP contribution in [0.3, 0.4) is 0 Å². The van der Waals surface area contributed by atoms with E-state index >= 15 is 0 Å². The van der Waals surface area contributed by atoms with E-state index in [0.29, 0.717) is 5.91 Å². The Labute approximate surface area is 229 Å². The largest absolute Gasteiger partial charge is 0.339 e. The highest BCUT2D eigenvalue weighted by Crippen LogP contribution is 2.41. The van der Waals surface area contributed by atoms with Crippen LogP contribution in [0.25, 0.3) is 0 Å². The molecule has 2 heterocycles. The fourth-order valence-corrected chi connectivity index (χ4v) is 7.44. The van der Waals surface area contributed by atoms with Crippen LogP contribution in [0.1, 0.15) is 97.3 Å². The summed E-state index contributed by atoms with van der Waals surface area (Å²) in [6, 6.07) is 11.4. The molecule has 0 atom stereocenters. The first-order valence-electron chi connectivity index (χ1n) is 15.0. The number of hydrogen-bond acceptors (Lipinski definition) is 3. The lowest BCUT2D eigenvalue weighted by Crippen LogP contribution is -2.58. The average molecular weight is 561 g/mol. The maximum absolute atomic E-state index is 14.0. The second-order valence-corrected chi connectivity index (χ2v) is 12.8. The summed E-state index contributed by atoms with van der Waals surface area (Å²) in [5, 5.41) is 1.13. The molecule has 36 heavy (non-hydrogen) atoms. The summed E-state index contributed by atoms with van der Waals surface area (Å²) in [4.78, 5) is 21.3. The zero-order valence-corrected chi connectivity index (χ0v) is 24.6. The molecule has 1 spiro atoms. The Hall–Kier alpha value is -1.07. The van der Waals surface area contributed by atoms with E-state index in [1.807, 2.05) is 0 Å². The van der Waals surface area contributed by atoms with E-state index in [9.17, 15) is 4.79 Å². The van der Waals surface area contributed by atoms with Crippen molar-refractivity contribution in [3.8, 4) is 0 Å². The molecule has 4 rings (SSSR count). The number of rotatable bonds is 12. The van der Waals surface area contributed by atoms with Gasteiger partial charge >= 0.3 is 0 Å². The number of likely N-dealkylation sites (tertiary alicyclic amines) is 1. The highest BCUT2D eigenvalue weighted by molar-refractivity contribution is 9.09. The summed E-state index contributed by atoms with van der Waals surface area (Å²) in [7, 11) is 0. The fraction of sp³-hybridized carbons (Fsp3) is 0.774. The summed E-state index contributed by atoms with van der Waals surface area (Å²) in [5.41, 5.74) is 0.869. The van der Waals surface area contributed by atoms with Gasteiger partial charge in [-0.15, -0.1) is 0 Å². The third-order valence-electron chi connectivity index (χ3n) is 9.47. The van der Waals surface area contributed by atoms with Gasteiger partial charge in [-0.2, -0.15) is 0 Å². The van der Waals surface area contributed by atoms with Crippen molar-refractivity contribution in [3.05, 3.63) is 30.3 Å². The highest BCUT2D eigenvalue weighted by Gasteiger charge is 2.53. The molecule has 2 saturated heterocycles. The normalized spacial score (nSPS) is 24.8. The Morgan fingerprint density at radius 2 is 1.50 bits per heavy atom. The minimum Gasteiger partial charge on any atom is -0.339 e. The molecular formula is C31H50BrN3O. The van der Waals surface area contributed by atoms with Crippen molar-refractivity contribution < 1.29 is 4.79 Å². The Morgan fingerprint density at radius 3 is 2.11 bits per heavy atom. The van der Waals surface area contributed by atoms with Crippen molar-refractivity contribution in [2.45, 2.75) is 109 Å². The molecule has 3 fully saturated rings. The quantitative estimate of drug-likeness (QED) is 0.196. The summed E-state index contributed by atoms with van der Waals surface area (Å²) in [6.07, 6.45) is 16.3. The highest BCUT2D eigenvalue weighted by atomic mass is 79.9. The van der Waals surface area contributed by atoms with Crippen molar-refractivity contribution in [2.75, 3.05) is 36.5 Å². The van der Waals surface area contributed by atoms with Crippen molar-refractivity contribution in [1.82, 2.24) is 9.80 Å². The third-order valence-corrected chi connectivity index (χ3v) is 10.0. The molecule has 1 amide bonds. The Balaban J connectivity index is 1.33. The zero-order chi connectivity index (χ0) is 25.4. The first kappa shape index (κ1) is 28.0. The lowest BCUT2D eigenvalue weighted by atomic mass is 9.78. The maximum atomic E-state index is 14.0. The monoisotopic (exact) mass is 559 g/mol. The fourth-order valence-electron chi connectivity index (χ4n) is 7.05. The van der Waals surface area contributed by atoms with E-state index in [2.05, 4.69) is 74.8 Å². The zero-order valence-electron chi connectivity index (χ0n) is 23.0. The number of halogens is 1. The summed E-state index contributed by atoms with van der Waals surface area (Å²) >= 11 is 3.52. The van der Waals surface area contributed by atoms with E-state index in [0.717, 1.165) is 68.8 Å². The van der Waals surface area contributed by atoms with Gasteiger partial charge in [0.05, 0.1) is 6.67 Å². The molecule has 4 nitrogen and oxygen atoms in total. The topological polar surface area (TPSA) is 26.8 Å². The average Bonchev–Trinajstić information content (AvgIpc) is 3.17. The molecule has 0 unspecified atom stereocenters. The Morgan fingerprint density at radius 1 is 0.889 bits per heavy atom. The predicted octanol–water partition coefficient (Wildman–Crippen LogP) is 7.47. The van der Waals surface area contributed by atoms with Crippen LogP contribution in [-0.4, -0.2) is 58.9 Å². The van der Waals surface area contributed by atoms with Crippen molar-refractivity contribution in [1.29, 1.82) is 0 Å². The van der Waals surface area contributed by atoms with Gasteiger partial charge in [0.2, 0.25) is 5.91 Å². The third kappa shape index (κ3) is 6.67. The molecule has 0 aromatic heterocycles. The molecule has 1 aromatic rings. The van der Waals surface area contributed by atoms with Crippen LogP contribution in [0.5, 0.6) is 0 Å². The van der Waals surface area contributed by atoms with Crippen LogP contribution >= 0.6 is 15.9 Å². The van der Waals surface area contributed by atoms with Gasteiger partial charge in [0, 0.05) is 36.7 Å². The van der Waals surface area contributed by atoms with E-state index in [1.165, 1.54) is 69.9 Å². The van der Waals surface area contributed by atoms with Crippen LogP contribution in [0.15, 0.2) is 30.3 Å². The van der Waals surface area contributed by atoms with Crippen LogP contribution in [-0.2, 0) is 4.79 Å². The van der Waals surface area contributed by atoms with Crippen molar-refractivity contribution in [3.63, 3.8) is 0 Å². The van der Waals surface area contributed by atoms with E-state index in [1.54, 1.807) is 0 Å². The first-order valence-corrected chi connectivity index (χ1v) is 16.1. The SMILES string of the molecule is CC(C)C1CCC(N2CCC3(CC2)C(=O)N(CCCCCCCCCBr)CN3c2ccccc2)CC1. The van der Waals surface area contributed by atoms with Crippen LogP contribution in [0.2, 0.25) is 0 Å². The van der Waals surface area contributed by atoms with Gasteiger partial charge in [0.1, 0.15) is 5.54 Å². The molecule has 3 aliphatic rings. The minimum absolute atomic E-state index is 0.345. The van der Waals surface area contributed by atoms with Gasteiger partial charge in [0.15, 0.2) is 0 Å². The standard InChI is InChI=1S/C31H50BrN3O/c1-26(2)27-15-17-28(18-16-27)33-23-19-31(20-24-33)30(36)34(22-12-7-5-3-4-6-11-21-32)25-35(31)29-13-9-8-10-14-29/h8-10,13-14,26-28H,3-7,11-12,15-25H2,1-2H3. The first-order chi connectivity index (χ1) is 17.5. The van der Waals surface area contributed by atoms with Gasteiger partial charge in [-0.25, -0.2) is 0 Å². The molecule has 202 valence electrons. The second-order valence-electron chi connectivity index (χ2n) is 12.0. The van der Waals surface area contributed by atoms with Crippen LogP contribution in [0, 0.1) is 11.8 Å². The number of alkyl halides is 1. The lowest BCUT2D eigenvalue weighted by molar-refractivity contribution is -0.134. The maximum Gasteiger partial charge on any atom is 0.250 e. The molecule has 1 aliphatic carbocycles. The Bertz CT molecular complexity index is 784. The number of nitrogens with zero attached hydrogens (tertiary/aromatic N) is 3. The van der Waals surface area contributed by atoms with Gasteiger partial charge < -0.3 is 14.7 Å². The van der Waals surface area contributed by atoms with Crippen LogP contribution < -0.4 is 4.90 Å². The number of anilines is 1. The van der Waals surface area contributed by atoms with Gasteiger partial charge in [-0.1, -0.05) is 80.1 Å². The number of para-hydroxylation sites is 1. The van der Waals surface area contributed by atoms with Crippen molar-refractivity contribution >= 4 is 27.5 Å². The molecule has 0 bridgehead atoms. The molecule has 5 heteroatoms. The number of carbonyl (C=O) groups excluding carboxylic acids is 1. The molecule has 0 radical (unpaired) electrons. The summed E-state index contributed by atoms with van der Waals surface area (Å²) in [6.45, 7) is 8.57. The predicted molar refractivity (Wildman–Crippen MR) is 156 cm³/mol. The number of hydrogen-bond donors (Lipinski definition) is 0. The van der Waals surface area contributed by atoms with E-state index < -0.39 is 0 Å². The van der Waals surface area contributed by atoms with E-state index in [-0.39, 0.29) is 5.54 Å². The molecule has 1 saturated carbocycles. The molecular weight excluding hydrogens is 510 g/mol. The summed E-state index contributed by atoms with van der Waals surface area (Å²) in [5.74, 6) is 2.12. The number of benzene rings is 1. The van der Waals surface area contributed by atoms with Crippen LogP contribution in [0.4, 0.5) is 5.69 Å². The number of piperidine rings is 1. The number of unbranched alkanes of at least 4 members (excludes halogenated alkanes) is 6. The van der Waals surface area contributed by atoms with Gasteiger partial charge in [-0.05, 0) is 75.3 Å². The number of amides is 1.